The number of hydrogen-bond donors (Lipinski definition) is 1. The van der Waals surface area contributed by atoms with Crippen LogP contribution in [0.15, 0.2) is 4.52 Å². The smallest absolute Gasteiger partial charge is 0.240 e. The Morgan fingerprint density at radius 1 is 1.40 bits per heavy atom. The number of nitrogens with zero attached hydrogens (tertiary/aromatic N) is 3. The lowest BCUT2D eigenvalue weighted by Crippen LogP contribution is -2.46. The molecule has 0 bridgehead atoms. The predicted octanol–water partition coefficient (Wildman–Crippen LogP) is 2.39. The van der Waals surface area contributed by atoms with Crippen molar-refractivity contribution in [2.45, 2.75) is 71.5 Å². The highest BCUT2D eigenvalue weighted by atomic mass is 16.5. The molecule has 1 fully saturated rings. The van der Waals surface area contributed by atoms with Crippen molar-refractivity contribution in [1.82, 2.24) is 15.0 Å². The van der Waals surface area contributed by atoms with Gasteiger partial charge in [0.25, 0.3) is 0 Å². The monoisotopic (exact) mass is 281 g/mol. The number of rotatable bonds is 6. The van der Waals surface area contributed by atoms with Crippen LogP contribution >= 0.6 is 0 Å². The van der Waals surface area contributed by atoms with E-state index < -0.39 is 0 Å². The molecule has 2 unspecified atom stereocenters. The molecule has 0 aromatic carbocycles. The number of aliphatic hydroxyl groups excluding tert-OH is 1. The number of aliphatic hydroxyl groups is 1. The molecular formula is C15H27N3O2. The lowest BCUT2D eigenvalue weighted by molar-refractivity contribution is 0.0370. The summed E-state index contributed by atoms with van der Waals surface area (Å²) in [7, 11) is 0. The number of aromatic nitrogens is 2. The summed E-state index contributed by atoms with van der Waals surface area (Å²) in [5, 5.41) is 13.6. The lowest BCUT2D eigenvalue weighted by atomic mass is 9.97. The van der Waals surface area contributed by atoms with Gasteiger partial charge in [-0.05, 0) is 32.1 Å². The van der Waals surface area contributed by atoms with E-state index in [9.17, 15) is 5.11 Å². The van der Waals surface area contributed by atoms with Gasteiger partial charge in [0.1, 0.15) is 0 Å². The number of piperidine rings is 1. The summed E-state index contributed by atoms with van der Waals surface area (Å²) < 4.78 is 5.36. The number of hydrogen-bond acceptors (Lipinski definition) is 5. The van der Waals surface area contributed by atoms with Gasteiger partial charge in [-0.15, -0.1) is 0 Å². The fourth-order valence-corrected chi connectivity index (χ4v) is 2.85. The minimum Gasteiger partial charge on any atom is -0.395 e. The second-order valence-electron chi connectivity index (χ2n) is 6.33. The predicted molar refractivity (Wildman–Crippen MR) is 77.2 cm³/mol. The Bertz CT molecular complexity index is 406. The molecule has 1 aromatic heterocycles. The van der Waals surface area contributed by atoms with Crippen LogP contribution in [0.2, 0.25) is 0 Å². The molecule has 0 amide bonds. The zero-order chi connectivity index (χ0) is 14.5. The summed E-state index contributed by atoms with van der Waals surface area (Å²) >= 11 is 0. The Morgan fingerprint density at radius 3 is 2.90 bits per heavy atom. The Balaban J connectivity index is 1.94. The summed E-state index contributed by atoms with van der Waals surface area (Å²) in [6.07, 6.45) is 5.37. The van der Waals surface area contributed by atoms with E-state index in [1.807, 2.05) is 0 Å². The van der Waals surface area contributed by atoms with Gasteiger partial charge in [0.2, 0.25) is 5.89 Å². The molecule has 2 heterocycles. The first-order valence-electron chi connectivity index (χ1n) is 7.78. The standard InChI is InChI=1S/C15H27N3O2/c1-11(2)7-8-14-16-15(20-17-14)9-18-12(3)5-4-6-13(18)10-19/h11-13,19H,4-10H2,1-3H3. The van der Waals surface area contributed by atoms with E-state index in [2.05, 4.69) is 35.8 Å². The minimum absolute atomic E-state index is 0.207. The Morgan fingerprint density at radius 2 is 2.20 bits per heavy atom. The van der Waals surface area contributed by atoms with Crippen molar-refractivity contribution in [1.29, 1.82) is 0 Å². The van der Waals surface area contributed by atoms with Gasteiger partial charge in [0, 0.05) is 18.5 Å². The summed E-state index contributed by atoms with van der Waals surface area (Å²) in [5.41, 5.74) is 0. The fraction of sp³-hybridized carbons (Fsp3) is 0.867. The van der Waals surface area contributed by atoms with Crippen LogP contribution in [0.4, 0.5) is 0 Å². The van der Waals surface area contributed by atoms with Crippen molar-refractivity contribution in [2.24, 2.45) is 5.92 Å². The number of likely N-dealkylation sites (tertiary alicyclic amines) is 1. The van der Waals surface area contributed by atoms with Gasteiger partial charge >= 0.3 is 0 Å². The molecule has 2 atom stereocenters. The van der Waals surface area contributed by atoms with Crippen molar-refractivity contribution in [3.05, 3.63) is 11.7 Å². The Hall–Kier alpha value is -0.940. The van der Waals surface area contributed by atoms with Gasteiger partial charge in [-0.3, -0.25) is 4.90 Å². The zero-order valence-corrected chi connectivity index (χ0v) is 12.9. The fourth-order valence-electron chi connectivity index (χ4n) is 2.85. The molecule has 5 nitrogen and oxygen atoms in total. The van der Waals surface area contributed by atoms with Crippen LogP contribution in [0.5, 0.6) is 0 Å². The zero-order valence-electron chi connectivity index (χ0n) is 12.9. The van der Waals surface area contributed by atoms with Crippen LogP contribution in [0.1, 0.15) is 58.2 Å². The van der Waals surface area contributed by atoms with Gasteiger partial charge in [0.15, 0.2) is 5.82 Å². The SMILES string of the molecule is CC(C)CCc1noc(CN2C(C)CCCC2CO)n1. The maximum absolute atomic E-state index is 9.50. The highest BCUT2D eigenvalue weighted by Crippen LogP contribution is 2.24. The maximum Gasteiger partial charge on any atom is 0.240 e. The molecule has 5 heteroatoms. The Labute approximate surface area is 121 Å². The Kier molecular flexibility index (Phi) is 5.54. The maximum atomic E-state index is 9.50. The van der Waals surface area contributed by atoms with E-state index in [1.165, 1.54) is 12.8 Å². The molecule has 2 rings (SSSR count). The van der Waals surface area contributed by atoms with Gasteiger partial charge in [-0.25, -0.2) is 0 Å². The first-order valence-corrected chi connectivity index (χ1v) is 7.78. The van der Waals surface area contributed by atoms with E-state index in [0.29, 0.717) is 24.4 Å². The van der Waals surface area contributed by atoms with Crippen LogP contribution in [-0.2, 0) is 13.0 Å². The molecule has 0 spiro atoms. The van der Waals surface area contributed by atoms with Crippen molar-refractivity contribution < 1.29 is 9.63 Å². The normalized spacial score (nSPS) is 24.4. The van der Waals surface area contributed by atoms with Crippen LogP contribution in [0.3, 0.4) is 0 Å². The van der Waals surface area contributed by atoms with Crippen LogP contribution in [-0.4, -0.2) is 38.8 Å². The molecule has 0 saturated carbocycles. The van der Waals surface area contributed by atoms with E-state index in [-0.39, 0.29) is 12.6 Å². The highest BCUT2D eigenvalue weighted by Gasteiger charge is 2.28. The lowest BCUT2D eigenvalue weighted by Gasteiger charge is -2.38. The third kappa shape index (κ3) is 4.03. The first kappa shape index (κ1) is 15.4. The van der Waals surface area contributed by atoms with Crippen molar-refractivity contribution in [2.75, 3.05) is 6.61 Å². The molecule has 1 aliphatic heterocycles. The average Bonchev–Trinajstić information content (AvgIpc) is 2.86. The molecule has 1 N–H and O–H groups in total. The third-order valence-electron chi connectivity index (χ3n) is 4.18. The van der Waals surface area contributed by atoms with Crippen molar-refractivity contribution >= 4 is 0 Å². The molecule has 1 aromatic rings. The van der Waals surface area contributed by atoms with Crippen LogP contribution in [0.25, 0.3) is 0 Å². The van der Waals surface area contributed by atoms with Gasteiger partial charge in [-0.2, -0.15) is 4.98 Å². The second-order valence-corrected chi connectivity index (χ2v) is 6.33. The van der Waals surface area contributed by atoms with E-state index in [1.54, 1.807) is 0 Å². The first-order chi connectivity index (χ1) is 9.60. The van der Waals surface area contributed by atoms with Crippen molar-refractivity contribution in [3.63, 3.8) is 0 Å². The highest BCUT2D eigenvalue weighted by molar-refractivity contribution is 4.90. The molecule has 0 aliphatic carbocycles. The van der Waals surface area contributed by atoms with Gasteiger partial charge in [0.05, 0.1) is 13.2 Å². The molecule has 20 heavy (non-hydrogen) atoms. The average molecular weight is 281 g/mol. The molecule has 0 radical (unpaired) electrons. The number of aryl methyl sites for hydroxylation is 1. The van der Waals surface area contributed by atoms with E-state index in [4.69, 9.17) is 4.52 Å². The topological polar surface area (TPSA) is 62.4 Å². The van der Waals surface area contributed by atoms with Gasteiger partial charge in [-0.1, -0.05) is 25.4 Å². The minimum atomic E-state index is 0.207. The summed E-state index contributed by atoms with van der Waals surface area (Å²) in [4.78, 5) is 6.77. The van der Waals surface area contributed by atoms with E-state index >= 15 is 0 Å². The van der Waals surface area contributed by atoms with Gasteiger partial charge < -0.3 is 9.63 Å². The third-order valence-corrected chi connectivity index (χ3v) is 4.18. The quantitative estimate of drug-likeness (QED) is 0.867. The molecule has 114 valence electrons. The molecular weight excluding hydrogens is 254 g/mol. The van der Waals surface area contributed by atoms with Crippen LogP contribution in [0, 0.1) is 5.92 Å². The second kappa shape index (κ2) is 7.18. The van der Waals surface area contributed by atoms with Crippen LogP contribution < -0.4 is 0 Å². The summed E-state index contributed by atoms with van der Waals surface area (Å²) in [6.45, 7) is 7.46. The largest absolute Gasteiger partial charge is 0.395 e. The summed E-state index contributed by atoms with van der Waals surface area (Å²) in [5.74, 6) is 2.13. The summed E-state index contributed by atoms with van der Waals surface area (Å²) in [6, 6.07) is 0.691. The van der Waals surface area contributed by atoms with E-state index in [0.717, 1.165) is 25.1 Å². The molecule has 1 saturated heterocycles. The molecule has 1 aliphatic rings. The van der Waals surface area contributed by atoms with Crippen molar-refractivity contribution in [3.8, 4) is 0 Å².